The summed E-state index contributed by atoms with van der Waals surface area (Å²) in [6, 6.07) is 22.7. The van der Waals surface area contributed by atoms with Crippen LogP contribution in [-0.4, -0.2) is 51.8 Å². The molecule has 13 heteroatoms. The van der Waals surface area contributed by atoms with Crippen LogP contribution in [0.4, 0.5) is 13.2 Å². The molecular formula is C32H34F3N5O4Si. The number of benzene rings is 3. The second kappa shape index (κ2) is 12.9. The fourth-order valence-electron chi connectivity index (χ4n) is 5.64. The number of aromatic nitrogens is 5. The van der Waals surface area contributed by atoms with E-state index in [9.17, 15) is 22.8 Å². The van der Waals surface area contributed by atoms with Crippen LogP contribution < -0.4 is 26.4 Å². The van der Waals surface area contributed by atoms with E-state index in [1.165, 1.54) is 16.7 Å². The fraction of sp³-hybridized carbons (Fsp3) is 0.312. The third-order valence-electron chi connectivity index (χ3n) is 7.74. The Morgan fingerprint density at radius 2 is 1.60 bits per heavy atom. The van der Waals surface area contributed by atoms with Gasteiger partial charge in [0.15, 0.2) is 11.9 Å². The summed E-state index contributed by atoms with van der Waals surface area (Å²) < 4.78 is 55.1. The molecule has 2 aromatic heterocycles. The van der Waals surface area contributed by atoms with Crippen molar-refractivity contribution < 1.29 is 22.3 Å². The molecule has 0 bridgehead atoms. The number of hydrogen-bond donors (Lipinski definition) is 1. The predicted molar refractivity (Wildman–Crippen MR) is 168 cm³/mol. The first-order chi connectivity index (χ1) is 21.5. The quantitative estimate of drug-likeness (QED) is 0.216. The smallest absolute Gasteiger partial charge is 0.350 e. The molecule has 0 spiro atoms. The molecule has 236 valence electrons. The van der Waals surface area contributed by atoms with Crippen LogP contribution in [0.1, 0.15) is 33.5 Å². The number of H-pyrrole nitrogens is 1. The van der Waals surface area contributed by atoms with E-state index in [-0.39, 0.29) is 40.5 Å². The lowest BCUT2D eigenvalue weighted by Gasteiger charge is -2.42. The van der Waals surface area contributed by atoms with Crippen LogP contribution in [0, 0.1) is 0 Å². The van der Waals surface area contributed by atoms with E-state index < -0.39 is 38.8 Å². The summed E-state index contributed by atoms with van der Waals surface area (Å²) in [5.74, 6) is -0.00556. The molecule has 0 aliphatic heterocycles. The third-order valence-corrected chi connectivity index (χ3v) is 12.7. The van der Waals surface area contributed by atoms with Crippen molar-refractivity contribution in [3.8, 4) is 11.4 Å². The first kappa shape index (κ1) is 31.9. The summed E-state index contributed by atoms with van der Waals surface area (Å²) in [5, 5.41) is 6.24. The molecule has 0 fully saturated rings. The zero-order chi connectivity index (χ0) is 32.4. The number of ether oxygens (including phenoxy) is 1. The predicted octanol–water partition coefficient (Wildman–Crippen LogP) is 4.35. The minimum Gasteiger partial charge on any atom is -0.481 e. The Labute approximate surface area is 258 Å². The van der Waals surface area contributed by atoms with Crippen LogP contribution in [0.5, 0.6) is 5.75 Å². The van der Waals surface area contributed by atoms with Gasteiger partial charge in [0.2, 0.25) is 0 Å². The molecule has 5 rings (SSSR count). The van der Waals surface area contributed by atoms with Gasteiger partial charge in [0.25, 0.3) is 20.3 Å². The van der Waals surface area contributed by atoms with Crippen LogP contribution in [0.15, 0.2) is 88.7 Å². The van der Waals surface area contributed by atoms with Crippen LogP contribution >= 0.6 is 0 Å². The molecular weight excluding hydrogens is 603 g/mol. The molecule has 1 unspecified atom stereocenters. The van der Waals surface area contributed by atoms with Crippen molar-refractivity contribution in [1.29, 1.82) is 0 Å². The van der Waals surface area contributed by atoms with E-state index in [4.69, 9.17) is 9.16 Å². The maximum atomic E-state index is 13.7. The Hall–Kier alpha value is -4.49. The molecule has 1 N–H and O–H groups in total. The van der Waals surface area contributed by atoms with E-state index in [0.29, 0.717) is 5.82 Å². The van der Waals surface area contributed by atoms with Crippen molar-refractivity contribution in [2.75, 3.05) is 6.67 Å². The standard InChI is InChI=1S/C32H34F3N5O4Si/c1-5-39-27(19-43-45(32(2,3)4,22-12-8-6-9-13-22)23-14-10-7-11-15-23)38-40(31(39)42)21-16-24-28(30(41)37-20-36-24)25(17-21)44-26(18-33)29(34)35/h6-17,20,26,29H,5,18-19H2,1-4H3,(H,36,37,41). The second-order valence-corrected chi connectivity index (χ2v) is 15.8. The summed E-state index contributed by atoms with van der Waals surface area (Å²) in [6.45, 7) is 6.98. The van der Waals surface area contributed by atoms with Gasteiger partial charge in [0.05, 0.1) is 24.1 Å². The van der Waals surface area contributed by atoms with Crippen LogP contribution in [0.2, 0.25) is 5.04 Å². The number of hydrogen-bond acceptors (Lipinski definition) is 6. The van der Waals surface area contributed by atoms with Gasteiger partial charge in [-0.3, -0.25) is 9.36 Å². The Morgan fingerprint density at radius 3 is 2.13 bits per heavy atom. The molecule has 0 radical (unpaired) electrons. The van der Waals surface area contributed by atoms with E-state index in [1.54, 1.807) is 6.92 Å². The number of fused-ring (bicyclic) bond motifs is 1. The molecule has 9 nitrogen and oxygen atoms in total. The molecule has 0 amide bonds. The van der Waals surface area contributed by atoms with Crippen molar-refractivity contribution in [3.05, 3.63) is 106 Å². The van der Waals surface area contributed by atoms with Gasteiger partial charge in [-0.25, -0.2) is 22.9 Å². The SMILES string of the molecule is CCn1c(CO[Si](c2ccccc2)(c2ccccc2)C(C)(C)C)nn(-c2cc(OC(CF)C(F)F)c3c(=O)[nH]cnc3c2)c1=O. The second-order valence-electron chi connectivity index (χ2n) is 11.5. The molecule has 3 aromatic carbocycles. The normalized spacial score (nSPS) is 13.0. The monoisotopic (exact) mass is 637 g/mol. The van der Waals surface area contributed by atoms with Crippen LogP contribution in [0.25, 0.3) is 16.6 Å². The zero-order valence-electron chi connectivity index (χ0n) is 25.3. The average molecular weight is 638 g/mol. The number of aromatic amines is 1. The largest absolute Gasteiger partial charge is 0.481 e. The molecule has 2 heterocycles. The Morgan fingerprint density at radius 1 is 0.978 bits per heavy atom. The van der Waals surface area contributed by atoms with Gasteiger partial charge in [-0.05, 0) is 28.4 Å². The molecule has 5 aromatic rings. The lowest BCUT2D eigenvalue weighted by atomic mass is 10.2. The molecule has 45 heavy (non-hydrogen) atoms. The first-order valence-electron chi connectivity index (χ1n) is 14.5. The van der Waals surface area contributed by atoms with Crippen molar-refractivity contribution in [3.63, 3.8) is 0 Å². The van der Waals surface area contributed by atoms with Crippen molar-refractivity contribution >= 4 is 29.6 Å². The number of halogens is 3. The molecule has 0 aliphatic rings. The summed E-state index contributed by atoms with van der Waals surface area (Å²) in [6.07, 6.45) is -4.14. The van der Waals surface area contributed by atoms with Crippen molar-refractivity contribution in [1.82, 2.24) is 24.3 Å². The number of alkyl halides is 3. The minimum atomic E-state index is -3.16. The van der Waals surface area contributed by atoms with Crippen molar-refractivity contribution in [2.24, 2.45) is 0 Å². The highest BCUT2D eigenvalue weighted by Gasteiger charge is 2.50. The van der Waals surface area contributed by atoms with Gasteiger partial charge in [-0.2, -0.15) is 4.68 Å². The third kappa shape index (κ3) is 5.97. The van der Waals surface area contributed by atoms with E-state index in [0.717, 1.165) is 21.4 Å². The van der Waals surface area contributed by atoms with Gasteiger partial charge in [-0.15, -0.1) is 5.10 Å². The lowest BCUT2D eigenvalue weighted by Crippen LogP contribution is -2.66. The van der Waals surface area contributed by atoms with Gasteiger partial charge in [-0.1, -0.05) is 81.4 Å². The Balaban J connectivity index is 1.62. The van der Waals surface area contributed by atoms with Gasteiger partial charge >= 0.3 is 5.69 Å². The highest BCUT2D eigenvalue weighted by molar-refractivity contribution is 6.99. The minimum absolute atomic E-state index is 0.00642. The Bertz CT molecular complexity index is 1850. The van der Waals surface area contributed by atoms with Gasteiger partial charge in [0.1, 0.15) is 17.8 Å². The molecule has 0 aliphatic carbocycles. The topological polar surface area (TPSA) is 104 Å². The van der Waals surface area contributed by atoms with Crippen LogP contribution in [0.3, 0.4) is 0 Å². The van der Waals surface area contributed by atoms with Gasteiger partial charge in [0, 0.05) is 12.6 Å². The molecule has 0 saturated heterocycles. The summed E-state index contributed by atoms with van der Waals surface area (Å²) in [7, 11) is -2.98. The number of nitrogens with zero attached hydrogens (tertiary/aromatic N) is 4. The summed E-state index contributed by atoms with van der Waals surface area (Å²) in [5.41, 5.74) is -1.03. The Kier molecular flexibility index (Phi) is 9.12. The molecule has 1 atom stereocenters. The maximum absolute atomic E-state index is 13.7. The number of nitrogens with one attached hydrogen (secondary N) is 1. The summed E-state index contributed by atoms with van der Waals surface area (Å²) >= 11 is 0. The van der Waals surface area contributed by atoms with E-state index >= 15 is 0 Å². The molecule has 0 saturated carbocycles. The highest BCUT2D eigenvalue weighted by atomic mass is 28.4. The fourth-order valence-corrected chi connectivity index (χ4v) is 10.1. The lowest BCUT2D eigenvalue weighted by molar-refractivity contribution is -0.000414. The maximum Gasteiger partial charge on any atom is 0.350 e. The van der Waals surface area contributed by atoms with Gasteiger partial charge < -0.3 is 14.1 Å². The zero-order valence-corrected chi connectivity index (χ0v) is 26.3. The summed E-state index contributed by atoms with van der Waals surface area (Å²) in [4.78, 5) is 32.8. The first-order valence-corrected chi connectivity index (χ1v) is 16.4. The van der Waals surface area contributed by atoms with E-state index in [2.05, 4.69) is 60.1 Å². The van der Waals surface area contributed by atoms with E-state index in [1.807, 2.05) is 36.4 Å². The number of rotatable bonds is 11. The van der Waals surface area contributed by atoms with Crippen molar-refractivity contribution in [2.45, 2.75) is 58.4 Å². The average Bonchev–Trinajstić information content (AvgIpc) is 3.35. The van der Waals surface area contributed by atoms with Crippen LogP contribution in [-0.2, 0) is 17.6 Å². The highest BCUT2D eigenvalue weighted by Crippen LogP contribution is 2.37.